The smallest absolute Gasteiger partial charge is 0.301 e. The topological polar surface area (TPSA) is 58.6 Å². The van der Waals surface area contributed by atoms with Crippen molar-refractivity contribution in [1.29, 1.82) is 0 Å². The van der Waals surface area contributed by atoms with Crippen molar-refractivity contribution in [1.82, 2.24) is 4.31 Å². The first-order valence-electron chi connectivity index (χ1n) is 6.50. The molecule has 0 spiro atoms. The molecule has 0 amide bonds. The van der Waals surface area contributed by atoms with Crippen LogP contribution < -0.4 is 4.72 Å². The van der Waals surface area contributed by atoms with Crippen molar-refractivity contribution < 1.29 is 13.2 Å². The van der Waals surface area contributed by atoms with Gasteiger partial charge in [-0.2, -0.15) is 12.7 Å². The summed E-state index contributed by atoms with van der Waals surface area (Å²) in [5, 5.41) is 1.90. The zero-order chi connectivity index (χ0) is 14.0. The summed E-state index contributed by atoms with van der Waals surface area (Å²) in [5.74, 6) is 0. The van der Waals surface area contributed by atoms with Crippen LogP contribution in [0.3, 0.4) is 0 Å². The molecule has 1 saturated heterocycles. The van der Waals surface area contributed by atoms with Crippen LogP contribution in [0.25, 0.3) is 10.8 Å². The standard InChI is InChI=1S/C14H16N2O3S/c17-20(18,16-8-10-19-11-9-16)15-14-7-3-5-12-4-1-2-6-13(12)14/h1-7,15H,8-11H2. The van der Waals surface area contributed by atoms with Gasteiger partial charge in [-0.1, -0.05) is 36.4 Å². The molecule has 2 aromatic rings. The summed E-state index contributed by atoms with van der Waals surface area (Å²) in [5.41, 5.74) is 0.606. The molecule has 5 nitrogen and oxygen atoms in total. The third-order valence-electron chi connectivity index (χ3n) is 3.34. The first-order valence-corrected chi connectivity index (χ1v) is 7.94. The Bertz CT molecular complexity index is 704. The Morgan fingerprint density at radius 2 is 1.70 bits per heavy atom. The molecular weight excluding hydrogens is 276 g/mol. The van der Waals surface area contributed by atoms with E-state index >= 15 is 0 Å². The summed E-state index contributed by atoms with van der Waals surface area (Å²) in [6.07, 6.45) is 0. The second kappa shape index (κ2) is 5.40. The summed E-state index contributed by atoms with van der Waals surface area (Å²) < 4.78 is 34.0. The molecule has 1 fully saturated rings. The molecule has 1 N–H and O–H groups in total. The summed E-state index contributed by atoms with van der Waals surface area (Å²) in [7, 11) is -3.52. The van der Waals surface area contributed by atoms with Gasteiger partial charge in [0.15, 0.2) is 0 Å². The van der Waals surface area contributed by atoms with Crippen LogP contribution in [0.2, 0.25) is 0 Å². The SMILES string of the molecule is O=S(=O)(Nc1cccc2ccccc12)N1CCOCC1. The van der Waals surface area contributed by atoms with Gasteiger partial charge in [0.2, 0.25) is 0 Å². The molecule has 0 radical (unpaired) electrons. The second-order valence-corrected chi connectivity index (χ2v) is 6.32. The maximum atomic E-state index is 12.4. The Labute approximate surface area is 118 Å². The van der Waals surface area contributed by atoms with Gasteiger partial charge in [-0.05, 0) is 11.5 Å². The average molecular weight is 292 g/mol. The third kappa shape index (κ3) is 2.63. The Balaban J connectivity index is 1.92. The van der Waals surface area contributed by atoms with Crippen molar-refractivity contribution >= 4 is 26.7 Å². The maximum Gasteiger partial charge on any atom is 0.301 e. The van der Waals surface area contributed by atoms with Crippen LogP contribution >= 0.6 is 0 Å². The molecule has 106 valence electrons. The molecule has 0 saturated carbocycles. The highest BCUT2D eigenvalue weighted by Gasteiger charge is 2.24. The molecule has 6 heteroatoms. The minimum atomic E-state index is -3.52. The quantitative estimate of drug-likeness (QED) is 0.939. The van der Waals surface area contributed by atoms with Crippen LogP contribution in [0.4, 0.5) is 5.69 Å². The van der Waals surface area contributed by atoms with Gasteiger partial charge >= 0.3 is 10.2 Å². The zero-order valence-electron chi connectivity index (χ0n) is 11.0. The van der Waals surface area contributed by atoms with Crippen molar-refractivity contribution in [2.75, 3.05) is 31.0 Å². The Morgan fingerprint density at radius 3 is 2.50 bits per heavy atom. The fourth-order valence-corrected chi connectivity index (χ4v) is 3.52. The fourth-order valence-electron chi connectivity index (χ4n) is 2.30. The minimum absolute atomic E-state index is 0.389. The number of morpholine rings is 1. The van der Waals surface area contributed by atoms with E-state index in [1.807, 2.05) is 36.4 Å². The zero-order valence-corrected chi connectivity index (χ0v) is 11.8. The predicted octanol–water partition coefficient (Wildman–Crippen LogP) is 1.83. The number of hydrogen-bond donors (Lipinski definition) is 1. The molecule has 1 aliphatic heterocycles. The van der Waals surface area contributed by atoms with Crippen molar-refractivity contribution in [3.8, 4) is 0 Å². The van der Waals surface area contributed by atoms with E-state index in [9.17, 15) is 8.42 Å². The molecule has 1 aliphatic rings. The van der Waals surface area contributed by atoms with Crippen LogP contribution in [0, 0.1) is 0 Å². The second-order valence-electron chi connectivity index (χ2n) is 4.65. The van der Waals surface area contributed by atoms with Crippen molar-refractivity contribution in [2.45, 2.75) is 0 Å². The summed E-state index contributed by atoms with van der Waals surface area (Å²) in [6, 6.07) is 13.3. The highest BCUT2D eigenvalue weighted by atomic mass is 32.2. The molecule has 0 atom stereocenters. The van der Waals surface area contributed by atoms with Gasteiger partial charge in [0.1, 0.15) is 0 Å². The predicted molar refractivity (Wildman–Crippen MR) is 78.9 cm³/mol. The molecule has 0 unspecified atom stereocenters. The van der Waals surface area contributed by atoms with E-state index in [0.717, 1.165) is 10.8 Å². The lowest BCUT2D eigenvalue weighted by atomic mass is 10.1. The van der Waals surface area contributed by atoms with Crippen LogP contribution in [-0.4, -0.2) is 39.0 Å². The molecule has 1 heterocycles. The lowest BCUT2D eigenvalue weighted by Crippen LogP contribution is -2.43. The van der Waals surface area contributed by atoms with Gasteiger partial charge in [-0.25, -0.2) is 0 Å². The monoisotopic (exact) mass is 292 g/mol. The molecule has 0 aliphatic carbocycles. The van der Waals surface area contributed by atoms with Crippen molar-refractivity contribution in [3.05, 3.63) is 42.5 Å². The van der Waals surface area contributed by atoms with E-state index in [1.165, 1.54) is 4.31 Å². The fraction of sp³-hybridized carbons (Fsp3) is 0.286. The van der Waals surface area contributed by atoms with Gasteiger partial charge < -0.3 is 4.74 Å². The van der Waals surface area contributed by atoms with E-state index in [4.69, 9.17) is 4.74 Å². The van der Waals surface area contributed by atoms with E-state index in [-0.39, 0.29) is 0 Å². The van der Waals surface area contributed by atoms with E-state index in [1.54, 1.807) is 6.07 Å². The number of fused-ring (bicyclic) bond motifs is 1. The molecule has 0 bridgehead atoms. The third-order valence-corrected chi connectivity index (χ3v) is 4.86. The van der Waals surface area contributed by atoms with Crippen LogP contribution in [0.5, 0.6) is 0 Å². The normalized spacial score (nSPS) is 17.2. The summed E-state index contributed by atoms with van der Waals surface area (Å²) in [4.78, 5) is 0. The Kier molecular flexibility index (Phi) is 3.60. The summed E-state index contributed by atoms with van der Waals surface area (Å²) in [6.45, 7) is 1.66. The van der Waals surface area contributed by atoms with Crippen molar-refractivity contribution in [3.63, 3.8) is 0 Å². The van der Waals surface area contributed by atoms with E-state index < -0.39 is 10.2 Å². The highest BCUT2D eigenvalue weighted by molar-refractivity contribution is 7.90. The van der Waals surface area contributed by atoms with E-state index in [0.29, 0.717) is 32.0 Å². The van der Waals surface area contributed by atoms with Crippen LogP contribution in [-0.2, 0) is 14.9 Å². The minimum Gasteiger partial charge on any atom is -0.379 e. The lowest BCUT2D eigenvalue weighted by molar-refractivity contribution is 0.0733. The largest absolute Gasteiger partial charge is 0.379 e. The lowest BCUT2D eigenvalue weighted by Gasteiger charge is -2.26. The van der Waals surface area contributed by atoms with Crippen LogP contribution in [0.1, 0.15) is 0 Å². The van der Waals surface area contributed by atoms with Gasteiger partial charge in [0, 0.05) is 18.5 Å². The summed E-state index contributed by atoms with van der Waals surface area (Å²) >= 11 is 0. The van der Waals surface area contributed by atoms with Gasteiger partial charge in [-0.15, -0.1) is 0 Å². The number of ether oxygens (including phenoxy) is 1. The molecule has 20 heavy (non-hydrogen) atoms. The molecular formula is C14H16N2O3S. The molecule has 0 aromatic heterocycles. The Hall–Kier alpha value is -1.63. The average Bonchev–Trinajstić information content (AvgIpc) is 2.48. The van der Waals surface area contributed by atoms with Gasteiger partial charge in [0.25, 0.3) is 0 Å². The van der Waals surface area contributed by atoms with Gasteiger partial charge in [-0.3, -0.25) is 4.72 Å². The highest BCUT2D eigenvalue weighted by Crippen LogP contribution is 2.24. The number of nitrogens with one attached hydrogen (secondary N) is 1. The van der Waals surface area contributed by atoms with Crippen molar-refractivity contribution in [2.24, 2.45) is 0 Å². The Morgan fingerprint density at radius 1 is 1.00 bits per heavy atom. The number of benzene rings is 2. The number of nitrogens with zero attached hydrogens (tertiary/aromatic N) is 1. The first kappa shape index (κ1) is 13.4. The number of anilines is 1. The van der Waals surface area contributed by atoms with Crippen LogP contribution in [0.15, 0.2) is 42.5 Å². The van der Waals surface area contributed by atoms with E-state index in [2.05, 4.69) is 4.72 Å². The number of rotatable bonds is 3. The van der Waals surface area contributed by atoms with Gasteiger partial charge in [0.05, 0.1) is 18.9 Å². The molecule has 2 aromatic carbocycles. The molecule has 3 rings (SSSR count). The first-order chi connectivity index (χ1) is 9.67. The number of hydrogen-bond acceptors (Lipinski definition) is 3. The maximum absolute atomic E-state index is 12.4.